The minimum Gasteiger partial charge on any atom is -0.478 e. The van der Waals surface area contributed by atoms with Gasteiger partial charge in [0.05, 0.1) is 16.3 Å². The topological polar surface area (TPSA) is 144 Å². The molecule has 0 unspecified atom stereocenters. The Morgan fingerprint density at radius 2 is 1.58 bits per heavy atom. The fourth-order valence-electron chi connectivity index (χ4n) is 6.30. The van der Waals surface area contributed by atoms with Crippen LogP contribution in [0.25, 0.3) is 22.0 Å². The van der Waals surface area contributed by atoms with E-state index in [2.05, 4.69) is 26.5 Å². The van der Waals surface area contributed by atoms with Crippen LogP contribution in [-0.2, 0) is 22.4 Å². The number of carbonyl (C=O) groups is 4. The highest BCUT2D eigenvalue weighted by molar-refractivity contribution is 7.08. The lowest BCUT2D eigenvalue weighted by Crippen LogP contribution is -2.56. The summed E-state index contributed by atoms with van der Waals surface area (Å²) in [6.45, 7) is 3.83. The number of rotatable bonds is 13. The maximum atomic E-state index is 14.5. The molecule has 3 amide bonds. The van der Waals surface area contributed by atoms with E-state index in [4.69, 9.17) is 11.6 Å². The molecule has 53 heavy (non-hydrogen) atoms. The third-order valence-electron chi connectivity index (χ3n) is 9.06. The van der Waals surface area contributed by atoms with E-state index in [9.17, 15) is 24.3 Å². The van der Waals surface area contributed by atoms with Gasteiger partial charge in [-0.15, -0.1) is 0 Å². The second-order valence-corrected chi connectivity index (χ2v) is 14.1. The molecule has 5 N–H and O–H groups in total. The van der Waals surface area contributed by atoms with Crippen LogP contribution in [0.2, 0.25) is 5.02 Å². The zero-order valence-electron chi connectivity index (χ0n) is 29.3. The molecule has 0 radical (unpaired) electrons. The highest BCUT2D eigenvalue weighted by atomic mass is 35.5. The van der Waals surface area contributed by atoms with E-state index in [0.29, 0.717) is 5.56 Å². The summed E-state index contributed by atoms with van der Waals surface area (Å²) in [5, 5.41) is 17.5. The minimum atomic E-state index is -1.16. The fourth-order valence-corrected chi connectivity index (χ4v) is 7.13. The van der Waals surface area contributed by atoms with Gasteiger partial charge in [-0.25, -0.2) is 4.79 Å². The van der Waals surface area contributed by atoms with Gasteiger partial charge in [-0.3, -0.25) is 25.2 Å². The Bertz CT molecular complexity index is 2270. The number of carbonyl (C=O) groups excluding carboxylic acids is 3. The molecular weight excluding hydrogens is 710 g/mol. The SMILES string of the molecule is Cc1cc(C)cc(C(=O)N(C)[C@H](Cc2ccc(-c3ccsc3)cc2)C(=O)N[C@@H](Cc2c[nH]c3ccccc23)C(=O)NNc2cc(C(=O)O)ccc2Cl)c1. The van der Waals surface area contributed by atoms with Crippen molar-refractivity contribution < 1.29 is 24.3 Å². The number of aromatic nitrogens is 1. The number of aromatic amines is 1. The van der Waals surface area contributed by atoms with Crippen molar-refractivity contribution >= 4 is 63.2 Å². The van der Waals surface area contributed by atoms with E-state index in [-0.39, 0.29) is 35.0 Å². The van der Waals surface area contributed by atoms with Gasteiger partial charge in [0, 0.05) is 42.6 Å². The van der Waals surface area contributed by atoms with Crippen LogP contribution in [-0.4, -0.2) is 57.8 Å². The maximum absolute atomic E-state index is 14.5. The van der Waals surface area contributed by atoms with Crippen LogP contribution in [0, 0.1) is 13.8 Å². The Labute approximate surface area is 315 Å². The molecular formula is C41H38ClN5O5S. The number of carboxylic acid groups (broad SMARTS) is 1. The van der Waals surface area contributed by atoms with Crippen molar-refractivity contribution in [3.05, 3.63) is 146 Å². The summed E-state index contributed by atoms with van der Waals surface area (Å²) in [5.74, 6) is -2.63. The van der Waals surface area contributed by atoms with Crippen LogP contribution in [0.4, 0.5) is 5.69 Å². The molecule has 0 saturated heterocycles. The molecule has 2 atom stereocenters. The monoisotopic (exact) mass is 747 g/mol. The molecule has 0 bridgehead atoms. The normalized spacial score (nSPS) is 12.2. The summed E-state index contributed by atoms with van der Waals surface area (Å²) in [6.07, 6.45) is 2.07. The molecule has 6 rings (SSSR count). The number of H-pyrrole nitrogens is 1. The Kier molecular flexibility index (Phi) is 11.3. The molecule has 0 fully saturated rings. The number of aromatic carboxylic acids is 1. The average molecular weight is 748 g/mol. The molecule has 6 aromatic rings. The van der Waals surface area contributed by atoms with Crippen LogP contribution in [0.15, 0.2) is 108 Å². The highest BCUT2D eigenvalue weighted by Crippen LogP contribution is 2.25. The molecule has 0 aliphatic heterocycles. The summed E-state index contributed by atoms with van der Waals surface area (Å²) in [7, 11) is 1.59. The molecule has 2 aromatic heterocycles. The van der Waals surface area contributed by atoms with Crippen molar-refractivity contribution in [3.63, 3.8) is 0 Å². The van der Waals surface area contributed by atoms with E-state index < -0.39 is 29.9 Å². The van der Waals surface area contributed by atoms with Crippen molar-refractivity contribution in [2.24, 2.45) is 0 Å². The number of benzene rings is 4. The number of halogens is 1. The molecule has 0 aliphatic rings. The van der Waals surface area contributed by atoms with E-state index in [1.54, 1.807) is 36.7 Å². The number of amides is 3. The number of para-hydroxylation sites is 1. The fraction of sp³-hybridized carbons (Fsp3) is 0.171. The van der Waals surface area contributed by atoms with Gasteiger partial charge in [-0.05, 0) is 89.3 Å². The number of aryl methyl sites for hydroxylation is 2. The van der Waals surface area contributed by atoms with Gasteiger partial charge < -0.3 is 20.3 Å². The molecule has 0 spiro atoms. The lowest BCUT2D eigenvalue weighted by atomic mass is 9.99. The third kappa shape index (κ3) is 8.77. The molecule has 10 nitrogen and oxygen atoms in total. The molecule has 0 aliphatic carbocycles. The van der Waals surface area contributed by atoms with E-state index >= 15 is 0 Å². The van der Waals surface area contributed by atoms with Crippen LogP contribution in [0.5, 0.6) is 0 Å². The first-order valence-corrected chi connectivity index (χ1v) is 18.2. The number of hydrogen-bond acceptors (Lipinski definition) is 6. The average Bonchev–Trinajstić information content (AvgIpc) is 3.83. The van der Waals surface area contributed by atoms with Gasteiger partial charge in [-0.2, -0.15) is 11.3 Å². The minimum absolute atomic E-state index is 0.0301. The lowest BCUT2D eigenvalue weighted by molar-refractivity contribution is -0.131. The lowest BCUT2D eigenvalue weighted by Gasteiger charge is -2.30. The summed E-state index contributed by atoms with van der Waals surface area (Å²) < 4.78 is 0. The smallest absolute Gasteiger partial charge is 0.335 e. The van der Waals surface area contributed by atoms with Gasteiger partial charge in [0.2, 0.25) is 5.91 Å². The number of anilines is 1. The summed E-state index contributed by atoms with van der Waals surface area (Å²) >= 11 is 7.91. The number of carboxylic acids is 1. The van der Waals surface area contributed by atoms with Crippen LogP contribution < -0.4 is 16.2 Å². The Morgan fingerprint density at radius 3 is 2.28 bits per heavy atom. The van der Waals surface area contributed by atoms with Gasteiger partial charge in [0.15, 0.2) is 0 Å². The molecule has 270 valence electrons. The van der Waals surface area contributed by atoms with Crippen molar-refractivity contribution in [1.29, 1.82) is 0 Å². The maximum Gasteiger partial charge on any atom is 0.335 e. The van der Waals surface area contributed by atoms with Gasteiger partial charge >= 0.3 is 5.97 Å². The molecule has 2 heterocycles. The van der Waals surface area contributed by atoms with Crippen molar-refractivity contribution in [2.45, 2.75) is 38.8 Å². The van der Waals surface area contributed by atoms with E-state index in [1.807, 2.05) is 79.9 Å². The number of hydrazine groups is 1. The second-order valence-electron chi connectivity index (χ2n) is 13.0. The highest BCUT2D eigenvalue weighted by Gasteiger charge is 2.32. The zero-order chi connectivity index (χ0) is 37.6. The van der Waals surface area contributed by atoms with Crippen LogP contribution in [0.1, 0.15) is 43.0 Å². The van der Waals surface area contributed by atoms with Crippen LogP contribution >= 0.6 is 22.9 Å². The summed E-state index contributed by atoms with van der Waals surface area (Å²) in [5.41, 5.74) is 12.4. The summed E-state index contributed by atoms with van der Waals surface area (Å²) in [4.78, 5) is 58.6. The molecule has 4 aromatic carbocycles. The Balaban J connectivity index is 1.30. The van der Waals surface area contributed by atoms with Gasteiger partial charge in [0.1, 0.15) is 12.1 Å². The first kappa shape index (κ1) is 36.9. The third-order valence-corrected chi connectivity index (χ3v) is 10.1. The number of likely N-dealkylation sites (N-methyl/N-ethyl adjacent to an activating group) is 1. The number of nitrogens with zero attached hydrogens (tertiary/aromatic N) is 1. The van der Waals surface area contributed by atoms with E-state index in [0.717, 1.165) is 44.3 Å². The van der Waals surface area contributed by atoms with Gasteiger partial charge in [0.25, 0.3) is 11.8 Å². The predicted molar refractivity (Wildman–Crippen MR) is 209 cm³/mol. The zero-order valence-corrected chi connectivity index (χ0v) is 30.8. The van der Waals surface area contributed by atoms with Crippen molar-refractivity contribution in [1.82, 2.24) is 20.6 Å². The summed E-state index contributed by atoms with van der Waals surface area (Å²) in [6, 6.07) is 25.0. The number of nitrogens with one attached hydrogen (secondary N) is 4. The number of fused-ring (bicyclic) bond motifs is 1. The van der Waals surface area contributed by atoms with Gasteiger partial charge in [-0.1, -0.05) is 71.3 Å². The Hall–Kier alpha value is -5.91. The second kappa shape index (κ2) is 16.2. The van der Waals surface area contributed by atoms with Crippen LogP contribution in [0.3, 0.4) is 0 Å². The number of thiophene rings is 1. The van der Waals surface area contributed by atoms with Crippen molar-refractivity contribution in [3.8, 4) is 11.1 Å². The quantitative estimate of drug-likeness (QED) is 0.0779. The Morgan fingerprint density at radius 1 is 0.849 bits per heavy atom. The first-order chi connectivity index (χ1) is 25.5. The predicted octanol–water partition coefficient (Wildman–Crippen LogP) is 7.42. The largest absolute Gasteiger partial charge is 0.478 e. The molecule has 0 saturated carbocycles. The van der Waals surface area contributed by atoms with E-state index in [1.165, 1.54) is 23.1 Å². The standard InChI is InChI=1S/C41H38ClN5O5S/c1-24-16-25(2)18-30(17-24)40(50)47(3)37(19-26-8-10-27(11-9-26)29-14-15-53-23-29)39(49)44-36(21-31-22-43-34-7-5-4-6-32(31)34)38(48)46-45-35-20-28(41(51)52)12-13-33(35)42/h4-18,20,22-23,36-37,43,45H,19,21H2,1-3H3,(H,44,49)(H,46,48)(H,51,52)/t36-,37+/m0/s1. The number of hydrogen-bond donors (Lipinski definition) is 5. The van der Waals surface area contributed by atoms with Crippen molar-refractivity contribution in [2.75, 3.05) is 12.5 Å². The molecule has 12 heteroatoms. The first-order valence-electron chi connectivity index (χ1n) is 16.9.